The summed E-state index contributed by atoms with van der Waals surface area (Å²) in [4.78, 5) is 27.7. The van der Waals surface area contributed by atoms with Gasteiger partial charge in [-0.15, -0.1) is 12.4 Å². The molecule has 1 aliphatic carbocycles. The highest BCUT2D eigenvalue weighted by atomic mass is 35.5. The fraction of sp³-hybridized carbons (Fsp3) is 0.619. The van der Waals surface area contributed by atoms with Crippen molar-refractivity contribution in [2.75, 3.05) is 44.7 Å². The molecule has 1 aromatic carbocycles. The number of ether oxygens (including phenoxy) is 2. The topological polar surface area (TPSA) is 79.9 Å². The molecule has 2 amide bonds. The molecule has 8 heteroatoms. The maximum absolute atomic E-state index is 13.4. The highest BCUT2D eigenvalue weighted by Crippen LogP contribution is 2.45. The summed E-state index contributed by atoms with van der Waals surface area (Å²) in [5.41, 5.74) is 0.319. The predicted molar refractivity (Wildman–Crippen MR) is 113 cm³/mol. The first-order chi connectivity index (χ1) is 13.6. The van der Waals surface area contributed by atoms with E-state index in [0.29, 0.717) is 42.9 Å². The highest BCUT2D eigenvalue weighted by Gasteiger charge is 2.51. The number of likely N-dealkylation sites (N-methyl/N-ethyl adjacent to an activating group) is 1. The second-order valence-electron chi connectivity index (χ2n) is 7.96. The van der Waals surface area contributed by atoms with Crippen molar-refractivity contribution in [1.82, 2.24) is 10.2 Å². The normalized spacial score (nSPS) is 24.8. The van der Waals surface area contributed by atoms with Crippen LogP contribution in [0.4, 0.5) is 5.69 Å². The van der Waals surface area contributed by atoms with Crippen LogP contribution in [0, 0.1) is 11.3 Å². The van der Waals surface area contributed by atoms with Gasteiger partial charge in [-0.1, -0.05) is 12.8 Å². The van der Waals surface area contributed by atoms with E-state index < -0.39 is 0 Å². The molecule has 3 aliphatic rings. The van der Waals surface area contributed by atoms with Crippen LogP contribution in [0.15, 0.2) is 18.2 Å². The van der Waals surface area contributed by atoms with Gasteiger partial charge in [-0.2, -0.15) is 0 Å². The van der Waals surface area contributed by atoms with E-state index >= 15 is 0 Å². The third kappa shape index (κ3) is 4.31. The molecule has 2 heterocycles. The van der Waals surface area contributed by atoms with Crippen molar-refractivity contribution < 1.29 is 19.1 Å². The molecular formula is C21H30ClN3O4. The summed E-state index contributed by atoms with van der Waals surface area (Å²) in [5, 5.41) is 6.30. The Morgan fingerprint density at radius 3 is 2.83 bits per heavy atom. The first kappa shape index (κ1) is 21.7. The molecule has 4 rings (SSSR count). The lowest BCUT2D eigenvalue weighted by atomic mass is 9.67. The average molecular weight is 424 g/mol. The van der Waals surface area contributed by atoms with Gasteiger partial charge in [-0.05, 0) is 44.4 Å². The maximum atomic E-state index is 13.4. The summed E-state index contributed by atoms with van der Waals surface area (Å²) in [6, 6.07) is 5.35. The minimum Gasteiger partial charge on any atom is -0.486 e. The number of benzene rings is 1. The fourth-order valence-electron chi connectivity index (χ4n) is 4.81. The van der Waals surface area contributed by atoms with Crippen molar-refractivity contribution >= 4 is 29.9 Å². The molecule has 1 aromatic rings. The monoisotopic (exact) mass is 423 g/mol. The van der Waals surface area contributed by atoms with Crippen LogP contribution >= 0.6 is 12.4 Å². The SMILES string of the molecule is CCN(CC(=O)Nc1ccc2c(c1)OCCO2)C(=O)[C@@]12CCCC[C@H]1CNC2.Cl. The number of carbonyl (C=O) groups is 2. The maximum Gasteiger partial charge on any atom is 0.243 e. The van der Waals surface area contributed by atoms with E-state index in [1.165, 1.54) is 6.42 Å². The lowest BCUT2D eigenvalue weighted by Gasteiger charge is -2.40. The molecule has 0 aromatic heterocycles. The van der Waals surface area contributed by atoms with Crippen molar-refractivity contribution in [2.24, 2.45) is 11.3 Å². The van der Waals surface area contributed by atoms with E-state index in [-0.39, 0.29) is 36.2 Å². The van der Waals surface area contributed by atoms with Crippen LogP contribution in [-0.2, 0) is 9.59 Å². The molecule has 2 fully saturated rings. The quantitative estimate of drug-likeness (QED) is 0.760. The third-order valence-electron chi connectivity index (χ3n) is 6.29. The molecule has 0 spiro atoms. The minimum atomic E-state index is -0.328. The molecule has 0 bridgehead atoms. The molecular weight excluding hydrogens is 394 g/mol. The molecule has 1 saturated heterocycles. The number of halogens is 1. The summed E-state index contributed by atoms with van der Waals surface area (Å²) in [7, 11) is 0. The van der Waals surface area contributed by atoms with Crippen LogP contribution in [0.5, 0.6) is 11.5 Å². The Bertz CT molecular complexity index is 759. The number of hydrogen-bond donors (Lipinski definition) is 2. The van der Waals surface area contributed by atoms with Gasteiger partial charge in [0, 0.05) is 24.8 Å². The van der Waals surface area contributed by atoms with Crippen molar-refractivity contribution in [3.63, 3.8) is 0 Å². The van der Waals surface area contributed by atoms with E-state index in [1.54, 1.807) is 23.1 Å². The van der Waals surface area contributed by atoms with Crippen LogP contribution in [0.2, 0.25) is 0 Å². The number of fused-ring (bicyclic) bond motifs is 2. The summed E-state index contributed by atoms with van der Waals surface area (Å²) in [6.45, 7) is 5.21. The summed E-state index contributed by atoms with van der Waals surface area (Å²) in [5.74, 6) is 1.64. The van der Waals surface area contributed by atoms with E-state index in [0.717, 1.165) is 32.4 Å². The number of amides is 2. The zero-order valence-electron chi connectivity index (χ0n) is 16.9. The van der Waals surface area contributed by atoms with E-state index in [2.05, 4.69) is 10.6 Å². The zero-order valence-corrected chi connectivity index (χ0v) is 17.7. The van der Waals surface area contributed by atoms with Gasteiger partial charge in [0.05, 0.1) is 12.0 Å². The lowest BCUT2D eigenvalue weighted by molar-refractivity contribution is -0.147. The van der Waals surface area contributed by atoms with Crippen LogP contribution in [0.3, 0.4) is 0 Å². The molecule has 29 heavy (non-hydrogen) atoms. The van der Waals surface area contributed by atoms with Crippen LogP contribution in [0.25, 0.3) is 0 Å². The molecule has 0 radical (unpaired) electrons. The Morgan fingerprint density at radius 1 is 1.24 bits per heavy atom. The Kier molecular flexibility index (Phi) is 6.90. The van der Waals surface area contributed by atoms with Crippen molar-refractivity contribution in [3.8, 4) is 11.5 Å². The van der Waals surface area contributed by atoms with E-state index in [4.69, 9.17) is 9.47 Å². The highest BCUT2D eigenvalue weighted by molar-refractivity contribution is 5.96. The zero-order chi connectivity index (χ0) is 19.6. The largest absolute Gasteiger partial charge is 0.486 e. The lowest BCUT2D eigenvalue weighted by Crippen LogP contribution is -2.51. The molecule has 2 aliphatic heterocycles. The van der Waals surface area contributed by atoms with Crippen LogP contribution < -0.4 is 20.1 Å². The number of hydrogen-bond acceptors (Lipinski definition) is 5. The Balaban J connectivity index is 0.00000240. The molecule has 7 nitrogen and oxygen atoms in total. The Labute approximate surface area is 177 Å². The first-order valence-electron chi connectivity index (χ1n) is 10.3. The molecule has 2 N–H and O–H groups in total. The number of anilines is 1. The first-order valence-corrected chi connectivity index (χ1v) is 10.3. The fourth-order valence-corrected chi connectivity index (χ4v) is 4.81. The predicted octanol–water partition coefficient (Wildman–Crippen LogP) is 2.45. The van der Waals surface area contributed by atoms with Gasteiger partial charge in [0.1, 0.15) is 13.2 Å². The van der Waals surface area contributed by atoms with Gasteiger partial charge < -0.3 is 25.0 Å². The number of nitrogens with one attached hydrogen (secondary N) is 2. The van der Waals surface area contributed by atoms with Crippen molar-refractivity contribution in [3.05, 3.63) is 18.2 Å². The van der Waals surface area contributed by atoms with Gasteiger partial charge in [-0.3, -0.25) is 9.59 Å². The van der Waals surface area contributed by atoms with E-state index in [1.807, 2.05) is 6.92 Å². The minimum absolute atomic E-state index is 0. The average Bonchev–Trinajstić information content (AvgIpc) is 3.16. The van der Waals surface area contributed by atoms with Crippen molar-refractivity contribution in [2.45, 2.75) is 32.6 Å². The van der Waals surface area contributed by atoms with Gasteiger partial charge in [0.15, 0.2) is 11.5 Å². The van der Waals surface area contributed by atoms with Gasteiger partial charge >= 0.3 is 0 Å². The van der Waals surface area contributed by atoms with Crippen LogP contribution in [0.1, 0.15) is 32.6 Å². The second-order valence-corrected chi connectivity index (χ2v) is 7.96. The number of rotatable bonds is 5. The number of carbonyl (C=O) groups excluding carboxylic acids is 2. The molecule has 0 unspecified atom stereocenters. The van der Waals surface area contributed by atoms with Crippen LogP contribution in [-0.4, -0.2) is 56.1 Å². The van der Waals surface area contributed by atoms with E-state index in [9.17, 15) is 9.59 Å². The smallest absolute Gasteiger partial charge is 0.243 e. The van der Waals surface area contributed by atoms with Gasteiger partial charge in [-0.25, -0.2) is 0 Å². The Morgan fingerprint density at radius 2 is 2.03 bits per heavy atom. The number of nitrogens with zero attached hydrogens (tertiary/aromatic N) is 1. The second kappa shape index (κ2) is 9.22. The molecule has 2 atom stereocenters. The summed E-state index contributed by atoms with van der Waals surface area (Å²) < 4.78 is 11.1. The van der Waals surface area contributed by atoms with Gasteiger partial charge in [0.25, 0.3) is 0 Å². The van der Waals surface area contributed by atoms with Gasteiger partial charge in [0.2, 0.25) is 11.8 Å². The van der Waals surface area contributed by atoms with Crippen molar-refractivity contribution in [1.29, 1.82) is 0 Å². The summed E-state index contributed by atoms with van der Waals surface area (Å²) >= 11 is 0. The summed E-state index contributed by atoms with van der Waals surface area (Å²) in [6.07, 6.45) is 4.30. The molecule has 1 saturated carbocycles. The Hall–Kier alpha value is -1.99. The standard InChI is InChI=1S/C21H29N3O4.ClH/c1-2-24(20(26)21-8-4-3-5-15(21)12-22-14-21)13-19(25)23-16-6-7-17-18(11-16)28-10-9-27-17;/h6-7,11,15,22H,2-5,8-10,12-14H2,1H3,(H,23,25);1H/t15-,21+;/m0./s1. The third-order valence-corrected chi connectivity index (χ3v) is 6.29. The molecule has 160 valence electrons.